The Balaban J connectivity index is 2.07. The first-order valence-corrected chi connectivity index (χ1v) is 10.0. The number of benzene rings is 2. The Kier molecular flexibility index (Phi) is 6.07. The summed E-state index contributed by atoms with van der Waals surface area (Å²) >= 11 is 1.51. The van der Waals surface area contributed by atoms with Crippen LogP contribution in [0.5, 0.6) is 0 Å². The number of aliphatic hydroxyl groups excluding tert-OH is 1. The Bertz CT molecular complexity index is 731. The highest BCUT2D eigenvalue weighted by Gasteiger charge is 2.44. The average molecular weight is 367 g/mol. The van der Waals surface area contributed by atoms with Crippen LogP contribution in [0, 0.1) is 5.41 Å². The third-order valence-electron chi connectivity index (χ3n) is 5.39. The molecule has 0 amide bonds. The van der Waals surface area contributed by atoms with Crippen LogP contribution in [0.3, 0.4) is 0 Å². The second-order valence-corrected chi connectivity index (χ2v) is 7.47. The molecule has 1 unspecified atom stereocenters. The molecule has 136 valence electrons. The van der Waals surface area contributed by atoms with E-state index in [1.807, 2.05) is 17.5 Å². The van der Waals surface area contributed by atoms with Crippen LogP contribution >= 0.6 is 11.3 Å². The van der Waals surface area contributed by atoms with E-state index in [2.05, 4.69) is 72.7 Å². The van der Waals surface area contributed by atoms with Crippen LogP contribution in [0.1, 0.15) is 43.7 Å². The van der Waals surface area contributed by atoms with Gasteiger partial charge in [0.15, 0.2) is 5.13 Å². The molecule has 1 heterocycles. The molecule has 0 radical (unpaired) electrons. The van der Waals surface area contributed by atoms with Crippen LogP contribution in [0.15, 0.2) is 72.2 Å². The highest BCUT2D eigenvalue weighted by molar-refractivity contribution is 7.13. The van der Waals surface area contributed by atoms with Crippen LogP contribution in [-0.2, 0) is 0 Å². The van der Waals surface area contributed by atoms with Crippen molar-refractivity contribution >= 4 is 16.5 Å². The lowest BCUT2D eigenvalue weighted by molar-refractivity contribution is 0.0249. The third kappa shape index (κ3) is 3.67. The van der Waals surface area contributed by atoms with E-state index in [1.54, 1.807) is 6.20 Å². The number of aliphatic hydroxyl groups is 1. The lowest BCUT2D eigenvalue weighted by Gasteiger charge is -2.44. The summed E-state index contributed by atoms with van der Waals surface area (Å²) < 4.78 is 0. The van der Waals surface area contributed by atoms with Gasteiger partial charge in [0.25, 0.3) is 0 Å². The Hall–Kier alpha value is -2.17. The molecular formula is C22H26N2OS. The lowest BCUT2D eigenvalue weighted by Crippen LogP contribution is -2.45. The van der Waals surface area contributed by atoms with Crippen molar-refractivity contribution in [2.75, 3.05) is 5.32 Å². The summed E-state index contributed by atoms with van der Waals surface area (Å²) in [5.41, 5.74) is 2.10. The molecular weight excluding hydrogens is 340 g/mol. The minimum absolute atomic E-state index is 0.0855. The standard InChI is InChI=1S/C22H26N2OS/c1-3-22(4-2,20(25)24-21-23-15-16-26-21)19(17-11-7-5-8-12-17)18-13-9-6-10-14-18/h5-16,19-20,25H,3-4H2,1-2H3,(H,23,24). The molecule has 0 saturated heterocycles. The molecule has 3 rings (SSSR count). The number of hydrogen-bond donors (Lipinski definition) is 2. The molecule has 3 nitrogen and oxygen atoms in total. The molecule has 0 aliphatic heterocycles. The maximum Gasteiger partial charge on any atom is 0.184 e. The highest BCUT2D eigenvalue weighted by atomic mass is 32.1. The normalized spacial score (nSPS) is 12.9. The van der Waals surface area contributed by atoms with Crippen LogP contribution in [0.25, 0.3) is 0 Å². The van der Waals surface area contributed by atoms with Gasteiger partial charge in [0, 0.05) is 22.9 Å². The molecule has 4 heteroatoms. The van der Waals surface area contributed by atoms with E-state index < -0.39 is 6.23 Å². The van der Waals surface area contributed by atoms with Crippen LogP contribution in [0.2, 0.25) is 0 Å². The molecule has 0 aliphatic carbocycles. The van der Waals surface area contributed by atoms with E-state index in [-0.39, 0.29) is 11.3 Å². The fraction of sp³-hybridized carbons (Fsp3) is 0.318. The molecule has 2 N–H and O–H groups in total. The number of rotatable bonds is 8. The minimum Gasteiger partial charge on any atom is -0.373 e. The average Bonchev–Trinajstić information content (AvgIpc) is 3.20. The van der Waals surface area contributed by atoms with Crippen LogP contribution in [-0.4, -0.2) is 16.3 Å². The monoisotopic (exact) mass is 366 g/mol. The van der Waals surface area contributed by atoms with Gasteiger partial charge in [-0.2, -0.15) is 0 Å². The van der Waals surface area contributed by atoms with Gasteiger partial charge in [-0.3, -0.25) is 0 Å². The van der Waals surface area contributed by atoms with Gasteiger partial charge < -0.3 is 10.4 Å². The maximum atomic E-state index is 11.3. The Morgan fingerprint density at radius 3 is 1.92 bits per heavy atom. The number of nitrogens with one attached hydrogen (secondary N) is 1. The fourth-order valence-electron chi connectivity index (χ4n) is 3.91. The predicted octanol–water partition coefficient (Wildman–Crippen LogP) is 5.51. The Morgan fingerprint density at radius 1 is 0.962 bits per heavy atom. The quantitative estimate of drug-likeness (QED) is 0.517. The smallest absolute Gasteiger partial charge is 0.184 e. The molecule has 0 saturated carbocycles. The first kappa shape index (κ1) is 18.6. The van der Waals surface area contributed by atoms with Crippen molar-refractivity contribution < 1.29 is 5.11 Å². The summed E-state index contributed by atoms with van der Waals surface area (Å²) in [6, 6.07) is 21.0. The summed E-state index contributed by atoms with van der Waals surface area (Å²) in [4.78, 5) is 4.29. The van der Waals surface area contributed by atoms with Crippen molar-refractivity contribution in [3.05, 3.63) is 83.4 Å². The van der Waals surface area contributed by atoms with Crippen molar-refractivity contribution in [1.29, 1.82) is 0 Å². The van der Waals surface area contributed by atoms with E-state index >= 15 is 0 Å². The topological polar surface area (TPSA) is 45.1 Å². The van der Waals surface area contributed by atoms with Crippen molar-refractivity contribution in [3.8, 4) is 0 Å². The SMILES string of the molecule is CCC(CC)(C(O)Nc1nccs1)C(c1ccccc1)c1ccccc1. The highest BCUT2D eigenvalue weighted by Crippen LogP contribution is 2.48. The van der Waals surface area contributed by atoms with Gasteiger partial charge in [0.2, 0.25) is 0 Å². The second-order valence-electron chi connectivity index (χ2n) is 6.58. The van der Waals surface area contributed by atoms with E-state index in [0.717, 1.165) is 18.0 Å². The van der Waals surface area contributed by atoms with E-state index in [1.165, 1.54) is 22.5 Å². The minimum atomic E-state index is -0.700. The first-order valence-electron chi connectivity index (χ1n) is 9.15. The van der Waals surface area contributed by atoms with Crippen molar-refractivity contribution in [2.24, 2.45) is 5.41 Å². The van der Waals surface area contributed by atoms with Gasteiger partial charge in [-0.05, 0) is 24.0 Å². The maximum absolute atomic E-state index is 11.3. The van der Waals surface area contributed by atoms with E-state index in [9.17, 15) is 5.11 Å². The number of thiazole rings is 1. The summed E-state index contributed by atoms with van der Waals surface area (Å²) in [7, 11) is 0. The summed E-state index contributed by atoms with van der Waals surface area (Å²) in [5.74, 6) is 0.0855. The molecule has 3 aromatic rings. The van der Waals surface area contributed by atoms with Crippen molar-refractivity contribution in [2.45, 2.75) is 38.8 Å². The summed E-state index contributed by atoms with van der Waals surface area (Å²) in [6.07, 6.45) is 2.74. The molecule has 1 atom stereocenters. The number of anilines is 1. The van der Waals surface area contributed by atoms with Crippen molar-refractivity contribution in [3.63, 3.8) is 0 Å². The molecule has 0 bridgehead atoms. The zero-order chi connectivity index (χ0) is 18.4. The van der Waals surface area contributed by atoms with Gasteiger partial charge in [-0.1, -0.05) is 74.5 Å². The first-order chi connectivity index (χ1) is 12.7. The van der Waals surface area contributed by atoms with Crippen LogP contribution < -0.4 is 5.32 Å². The van der Waals surface area contributed by atoms with Gasteiger partial charge >= 0.3 is 0 Å². The van der Waals surface area contributed by atoms with Gasteiger partial charge in [0.1, 0.15) is 6.23 Å². The molecule has 26 heavy (non-hydrogen) atoms. The zero-order valence-electron chi connectivity index (χ0n) is 15.3. The number of hydrogen-bond acceptors (Lipinski definition) is 4. The van der Waals surface area contributed by atoms with E-state index in [0.29, 0.717) is 0 Å². The number of nitrogens with zero attached hydrogens (tertiary/aromatic N) is 1. The van der Waals surface area contributed by atoms with E-state index in [4.69, 9.17) is 0 Å². The fourth-order valence-corrected chi connectivity index (χ4v) is 4.46. The van der Waals surface area contributed by atoms with Gasteiger partial charge in [-0.15, -0.1) is 11.3 Å². The predicted molar refractivity (Wildman–Crippen MR) is 109 cm³/mol. The largest absolute Gasteiger partial charge is 0.373 e. The van der Waals surface area contributed by atoms with Gasteiger partial charge in [-0.25, -0.2) is 4.98 Å². The molecule has 2 aromatic carbocycles. The molecule has 0 fully saturated rings. The third-order valence-corrected chi connectivity index (χ3v) is 6.10. The van der Waals surface area contributed by atoms with Gasteiger partial charge in [0.05, 0.1) is 0 Å². The second kappa shape index (κ2) is 8.47. The number of aromatic nitrogens is 1. The summed E-state index contributed by atoms with van der Waals surface area (Å²) in [6.45, 7) is 4.32. The molecule has 0 aliphatic rings. The molecule has 1 aromatic heterocycles. The molecule has 0 spiro atoms. The van der Waals surface area contributed by atoms with Crippen molar-refractivity contribution in [1.82, 2.24) is 4.98 Å². The summed E-state index contributed by atoms with van der Waals surface area (Å²) in [5, 5.41) is 17.2. The zero-order valence-corrected chi connectivity index (χ0v) is 16.1. The Morgan fingerprint density at radius 2 is 1.50 bits per heavy atom. The van der Waals surface area contributed by atoms with Crippen LogP contribution in [0.4, 0.5) is 5.13 Å². The Labute approximate surface area is 159 Å². The lowest BCUT2D eigenvalue weighted by atomic mass is 9.64.